The van der Waals surface area contributed by atoms with Crippen molar-refractivity contribution in [2.45, 2.75) is 39.2 Å². The first kappa shape index (κ1) is 19.7. The van der Waals surface area contributed by atoms with Crippen molar-refractivity contribution in [2.75, 3.05) is 26.2 Å². The predicted molar refractivity (Wildman–Crippen MR) is 107 cm³/mol. The molecule has 1 aliphatic rings. The van der Waals surface area contributed by atoms with Crippen LogP contribution in [0.5, 0.6) is 0 Å². The van der Waals surface area contributed by atoms with Crippen LogP contribution in [-0.4, -0.2) is 37.0 Å². The second-order valence-corrected chi connectivity index (χ2v) is 7.09. The highest BCUT2D eigenvalue weighted by atomic mass is 127. The van der Waals surface area contributed by atoms with Crippen LogP contribution >= 0.6 is 35.3 Å². The van der Waals surface area contributed by atoms with Crippen LogP contribution in [0.15, 0.2) is 22.5 Å². The normalized spacial score (nSPS) is 17.5. The van der Waals surface area contributed by atoms with E-state index in [0.29, 0.717) is 17.9 Å². The van der Waals surface area contributed by atoms with E-state index in [2.05, 4.69) is 46.6 Å². The van der Waals surface area contributed by atoms with Crippen LogP contribution in [0.3, 0.4) is 0 Å². The first-order valence-electron chi connectivity index (χ1n) is 7.98. The molecule has 1 aromatic heterocycles. The average molecular weight is 436 g/mol. The third-order valence-electron chi connectivity index (χ3n) is 3.92. The summed E-state index contributed by atoms with van der Waals surface area (Å²) in [6.07, 6.45) is 3.72. The zero-order chi connectivity index (χ0) is 15.1. The van der Waals surface area contributed by atoms with Gasteiger partial charge in [-0.15, -0.1) is 35.3 Å². The topological polar surface area (TPSA) is 53.6 Å². The summed E-state index contributed by atoms with van der Waals surface area (Å²) in [6, 6.07) is 4.72. The Morgan fingerprint density at radius 2 is 2.14 bits per heavy atom. The number of hydrogen-bond acceptors (Lipinski definition) is 3. The molecule has 0 saturated carbocycles. The summed E-state index contributed by atoms with van der Waals surface area (Å²) in [5, 5.41) is 5.36. The number of guanidine groups is 1. The molecule has 1 saturated heterocycles. The molecule has 0 aromatic carbocycles. The minimum atomic E-state index is 0. The molecule has 1 atom stereocenters. The quantitative estimate of drug-likeness (QED) is 0.391. The van der Waals surface area contributed by atoms with Crippen LogP contribution in [0.25, 0.3) is 0 Å². The molecule has 2 rings (SSSR count). The van der Waals surface area contributed by atoms with E-state index in [1.54, 1.807) is 0 Å². The lowest BCUT2D eigenvalue weighted by Gasteiger charge is -2.25. The minimum absolute atomic E-state index is 0. The maximum atomic E-state index is 5.98. The molecule has 0 aliphatic carbocycles. The van der Waals surface area contributed by atoms with Crippen molar-refractivity contribution in [3.63, 3.8) is 0 Å². The maximum Gasteiger partial charge on any atom is 0.188 e. The Morgan fingerprint density at radius 3 is 2.73 bits per heavy atom. The summed E-state index contributed by atoms with van der Waals surface area (Å²) in [4.78, 5) is 8.51. The monoisotopic (exact) mass is 436 g/mol. The lowest BCUT2D eigenvalue weighted by atomic mass is 10.1. The average Bonchev–Trinajstić information content (AvgIpc) is 3.11. The van der Waals surface area contributed by atoms with E-state index in [1.807, 2.05) is 11.3 Å². The summed E-state index contributed by atoms with van der Waals surface area (Å²) in [5.74, 6) is 1.27. The second kappa shape index (κ2) is 10.4. The molecule has 0 amide bonds. The minimum Gasteiger partial charge on any atom is -0.370 e. The Labute approximate surface area is 155 Å². The zero-order valence-corrected chi connectivity index (χ0v) is 16.8. The number of rotatable bonds is 7. The smallest absolute Gasteiger partial charge is 0.188 e. The van der Waals surface area contributed by atoms with E-state index in [9.17, 15) is 0 Å². The summed E-state index contributed by atoms with van der Waals surface area (Å²) < 4.78 is 0. The molecule has 1 unspecified atom stereocenters. The number of aliphatic imine (C=N–C) groups is 1. The molecule has 3 N–H and O–H groups in total. The first-order valence-corrected chi connectivity index (χ1v) is 8.86. The standard InChI is InChI=1S/C16H28N4S.HI/c1-13(2)7-8-18-16(17)19-12-14(15-6-5-11-21-15)20-9-3-4-10-20;/h5-6,11,13-14H,3-4,7-10,12H2,1-2H3,(H3,17,18,19);1H. The van der Waals surface area contributed by atoms with Crippen molar-refractivity contribution >= 4 is 41.3 Å². The Kier molecular flexibility index (Phi) is 9.35. The van der Waals surface area contributed by atoms with Gasteiger partial charge in [-0.2, -0.15) is 0 Å². The number of nitrogens with zero attached hydrogens (tertiary/aromatic N) is 2. The molecule has 0 bridgehead atoms. The number of hydrogen-bond donors (Lipinski definition) is 2. The van der Waals surface area contributed by atoms with Crippen LogP contribution in [-0.2, 0) is 0 Å². The summed E-state index contributed by atoms with van der Waals surface area (Å²) >= 11 is 1.82. The number of nitrogens with two attached hydrogens (primary N) is 1. The molecule has 1 aromatic rings. The van der Waals surface area contributed by atoms with E-state index >= 15 is 0 Å². The van der Waals surface area contributed by atoms with Crippen molar-refractivity contribution in [2.24, 2.45) is 16.6 Å². The lowest BCUT2D eigenvalue weighted by molar-refractivity contribution is 0.255. The molecule has 2 heterocycles. The first-order chi connectivity index (χ1) is 10.2. The van der Waals surface area contributed by atoms with Crippen molar-refractivity contribution in [1.82, 2.24) is 10.2 Å². The third-order valence-corrected chi connectivity index (χ3v) is 4.89. The zero-order valence-electron chi connectivity index (χ0n) is 13.6. The number of halogens is 1. The van der Waals surface area contributed by atoms with Crippen LogP contribution in [0.2, 0.25) is 0 Å². The molecule has 22 heavy (non-hydrogen) atoms. The number of likely N-dealkylation sites (tertiary alicyclic amines) is 1. The van der Waals surface area contributed by atoms with Gasteiger partial charge in [-0.1, -0.05) is 19.9 Å². The van der Waals surface area contributed by atoms with E-state index in [4.69, 9.17) is 5.73 Å². The molecule has 0 radical (unpaired) electrons. The lowest BCUT2D eigenvalue weighted by Crippen LogP contribution is -2.34. The fourth-order valence-electron chi connectivity index (χ4n) is 2.65. The van der Waals surface area contributed by atoms with Crippen molar-refractivity contribution in [3.8, 4) is 0 Å². The Bertz CT molecular complexity index is 427. The van der Waals surface area contributed by atoms with Gasteiger partial charge in [0.05, 0.1) is 12.6 Å². The molecule has 6 heteroatoms. The Balaban J connectivity index is 0.00000242. The largest absolute Gasteiger partial charge is 0.370 e. The van der Waals surface area contributed by atoms with E-state index in [0.717, 1.165) is 19.5 Å². The molecule has 0 spiro atoms. The Hall–Kier alpha value is -0.340. The van der Waals surface area contributed by atoms with E-state index in [1.165, 1.54) is 30.8 Å². The van der Waals surface area contributed by atoms with Gasteiger partial charge in [-0.3, -0.25) is 9.89 Å². The fourth-order valence-corrected chi connectivity index (χ4v) is 3.50. The highest BCUT2D eigenvalue weighted by molar-refractivity contribution is 14.0. The van der Waals surface area contributed by atoms with Crippen LogP contribution in [0, 0.1) is 5.92 Å². The van der Waals surface area contributed by atoms with E-state index < -0.39 is 0 Å². The second-order valence-electron chi connectivity index (χ2n) is 6.11. The molecular weight excluding hydrogens is 407 g/mol. The SMILES string of the molecule is CC(C)CCNC(N)=NCC(c1cccs1)N1CCCC1.I. The highest BCUT2D eigenvalue weighted by Crippen LogP contribution is 2.28. The summed E-state index contributed by atoms with van der Waals surface area (Å²) in [6.45, 7) is 8.45. The van der Waals surface area contributed by atoms with Crippen molar-refractivity contribution in [1.29, 1.82) is 0 Å². The van der Waals surface area contributed by atoms with Gasteiger partial charge in [0, 0.05) is 11.4 Å². The van der Waals surface area contributed by atoms with Crippen LogP contribution in [0.1, 0.15) is 44.0 Å². The molecular formula is C16H29IN4S. The number of thiophene rings is 1. The van der Waals surface area contributed by atoms with Gasteiger partial charge < -0.3 is 11.1 Å². The van der Waals surface area contributed by atoms with Crippen LogP contribution < -0.4 is 11.1 Å². The third kappa shape index (κ3) is 6.42. The number of nitrogens with one attached hydrogen (secondary N) is 1. The predicted octanol–water partition coefficient (Wildman–Crippen LogP) is 3.45. The Morgan fingerprint density at radius 1 is 1.41 bits per heavy atom. The van der Waals surface area contributed by atoms with Crippen LogP contribution in [0.4, 0.5) is 0 Å². The fraction of sp³-hybridized carbons (Fsp3) is 0.688. The van der Waals surface area contributed by atoms with Crippen molar-refractivity contribution < 1.29 is 0 Å². The van der Waals surface area contributed by atoms with Gasteiger partial charge in [0.2, 0.25) is 0 Å². The van der Waals surface area contributed by atoms with Gasteiger partial charge >= 0.3 is 0 Å². The van der Waals surface area contributed by atoms with Crippen molar-refractivity contribution in [3.05, 3.63) is 22.4 Å². The van der Waals surface area contributed by atoms with Gasteiger partial charge in [-0.25, -0.2) is 0 Å². The molecule has 4 nitrogen and oxygen atoms in total. The molecule has 126 valence electrons. The van der Waals surface area contributed by atoms with Gasteiger partial charge in [0.1, 0.15) is 0 Å². The van der Waals surface area contributed by atoms with Gasteiger partial charge in [0.25, 0.3) is 0 Å². The van der Waals surface area contributed by atoms with E-state index in [-0.39, 0.29) is 24.0 Å². The molecule has 1 aliphatic heterocycles. The summed E-state index contributed by atoms with van der Waals surface area (Å²) in [5.41, 5.74) is 5.98. The highest BCUT2D eigenvalue weighted by Gasteiger charge is 2.23. The van der Waals surface area contributed by atoms with Gasteiger partial charge in [-0.05, 0) is 49.7 Å². The molecule has 1 fully saturated rings. The summed E-state index contributed by atoms with van der Waals surface area (Å²) in [7, 11) is 0. The maximum absolute atomic E-state index is 5.98. The van der Waals surface area contributed by atoms with Gasteiger partial charge in [0.15, 0.2) is 5.96 Å².